The van der Waals surface area contributed by atoms with E-state index in [-0.39, 0.29) is 23.3 Å². The van der Waals surface area contributed by atoms with Gasteiger partial charge in [0.05, 0.1) is 5.60 Å². The maximum Gasteiger partial charge on any atom is 0.271 e. The van der Waals surface area contributed by atoms with Crippen LogP contribution in [-0.2, 0) is 0 Å². The molecule has 1 aromatic heterocycles. The van der Waals surface area contributed by atoms with Crippen molar-refractivity contribution >= 4 is 17.5 Å². The molecule has 2 atom stereocenters. The molecule has 5 nitrogen and oxygen atoms in total. The van der Waals surface area contributed by atoms with Crippen molar-refractivity contribution in [2.45, 2.75) is 38.2 Å². The van der Waals surface area contributed by atoms with Gasteiger partial charge in [-0.3, -0.25) is 4.79 Å². The van der Waals surface area contributed by atoms with Crippen LogP contribution >= 0.6 is 11.6 Å². The first-order chi connectivity index (χ1) is 8.98. The van der Waals surface area contributed by atoms with E-state index in [1.165, 1.54) is 12.1 Å². The average Bonchev–Trinajstić information content (AvgIpc) is 2.37. The molecule has 2 N–H and O–H groups in total. The minimum atomic E-state index is -0.798. The van der Waals surface area contributed by atoms with Crippen molar-refractivity contribution in [1.29, 1.82) is 0 Å². The molecule has 1 aromatic rings. The summed E-state index contributed by atoms with van der Waals surface area (Å²) < 4.78 is 0. The number of amides is 1. The molecule has 1 fully saturated rings. The first-order valence-electron chi connectivity index (χ1n) is 6.48. The molecule has 1 amide bonds. The Morgan fingerprint density at radius 2 is 2.37 bits per heavy atom. The van der Waals surface area contributed by atoms with Crippen LogP contribution in [0.2, 0.25) is 5.15 Å². The van der Waals surface area contributed by atoms with E-state index in [4.69, 9.17) is 11.6 Å². The fraction of sp³-hybridized carbons (Fsp3) is 0.615. The smallest absolute Gasteiger partial charge is 0.271 e. The highest BCUT2D eigenvalue weighted by molar-refractivity contribution is 6.29. The number of hydrogen-bond donors (Lipinski definition) is 2. The lowest BCUT2D eigenvalue weighted by Gasteiger charge is -2.35. The fourth-order valence-corrected chi connectivity index (χ4v) is 2.67. The molecular weight excluding hydrogens is 266 g/mol. The van der Waals surface area contributed by atoms with Gasteiger partial charge in [-0.05, 0) is 30.9 Å². The first kappa shape index (κ1) is 14.2. The van der Waals surface area contributed by atoms with Crippen LogP contribution in [-0.4, -0.2) is 33.4 Å². The van der Waals surface area contributed by atoms with Crippen molar-refractivity contribution in [3.63, 3.8) is 0 Å². The van der Waals surface area contributed by atoms with Crippen LogP contribution in [0.25, 0.3) is 0 Å². The van der Waals surface area contributed by atoms with Crippen LogP contribution in [0.4, 0.5) is 0 Å². The Labute approximate surface area is 117 Å². The summed E-state index contributed by atoms with van der Waals surface area (Å²) in [4.78, 5) is 11.9. The Hall–Kier alpha value is -1.20. The van der Waals surface area contributed by atoms with Crippen LogP contribution in [0, 0.1) is 5.92 Å². The molecule has 0 aliphatic heterocycles. The number of nitrogens with zero attached hydrogens (tertiary/aromatic N) is 2. The second kappa shape index (κ2) is 5.84. The molecule has 0 spiro atoms. The van der Waals surface area contributed by atoms with E-state index in [2.05, 4.69) is 22.4 Å². The van der Waals surface area contributed by atoms with Gasteiger partial charge in [-0.2, -0.15) is 0 Å². The fourth-order valence-electron chi connectivity index (χ4n) is 2.57. The Balaban J connectivity index is 1.91. The van der Waals surface area contributed by atoms with Crippen molar-refractivity contribution in [3.05, 3.63) is 23.0 Å². The van der Waals surface area contributed by atoms with Gasteiger partial charge in [0.15, 0.2) is 10.8 Å². The van der Waals surface area contributed by atoms with Crippen LogP contribution in [0.15, 0.2) is 12.1 Å². The summed E-state index contributed by atoms with van der Waals surface area (Å²) in [6.07, 6.45) is 3.58. The summed E-state index contributed by atoms with van der Waals surface area (Å²) in [5, 5.41) is 20.7. The maximum absolute atomic E-state index is 11.9. The summed E-state index contributed by atoms with van der Waals surface area (Å²) in [6.45, 7) is 2.37. The lowest BCUT2D eigenvalue weighted by Crippen LogP contribution is -2.45. The number of carbonyl (C=O) groups excluding carboxylic acids is 1. The molecule has 2 unspecified atom stereocenters. The number of halogens is 1. The molecule has 104 valence electrons. The largest absolute Gasteiger partial charge is 0.388 e. The van der Waals surface area contributed by atoms with Crippen molar-refractivity contribution in [2.24, 2.45) is 5.92 Å². The van der Waals surface area contributed by atoms with Gasteiger partial charge in [0.25, 0.3) is 5.91 Å². The molecule has 2 rings (SSSR count). The molecule has 0 radical (unpaired) electrons. The van der Waals surface area contributed by atoms with Crippen molar-refractivity contribution in [2.75, 3.05) is 6.54 Å². The van der Waals surface area contributed by atoms with Gasteiger partial charge in [-0.1, -0.05) is 31.4 Å². The zero-order chi connectivity index (χ0) is 13.9. The second-order valence-corrected chi connectivity index (χ2v) is 5.74. The first-order valence-corrected chi connectivity index (χ1v) is 6.86. The van der Waals surface area contributed by atoms with Crippen molar-refractivity contribution in [3.8, 4) is 0 Å². The zero-order valence-corrected chi connectivity index (χ0v) is 11.7. The third kappa shape index (κ3) is 3.88. The van der Waals surface area contributed by atoms with Gasteiger partial charge in [0, 0.05) is 6.54 Å². The predicted octanol–water partition coefficient (Wildman–Crippen LogP) is 1.80. The monoisotopic (exact) mass is 283 g/mol. The van der Waals surface area contributed by atoms with Gasteiger partial charge < -0.3 is 10.4 Å². The number of aliphatic hydroxyl groups is 1. The van der Waals surface area contributed by atoms with Crippen LogP contribution in [0.3, 0.4) is 0 Å². The quantitative estimate of drug-likeness (QED) is 0.887. The lowest BCUT2D eigenvalue weighted by atomic mass is 9.79. The van der Waals surface area contributed by atoms with Gasteiger partial charge in [0.1, 0.15) is 0 Å². The Morgan fingerprint density at radius 3 is 3.00 bits per heavy atom. The molecule has 1 aliphatic rings. The van der Waals surface area contributed by atoms with Gasteiger partial charge in [-0.15, -0.1) is 10.2 Å². The number of hydrogen-bond acceptors (Lipinski definition) is 4. The molecule has 1 aliphatic carbocycles. The molecule has 1 heterocycles. The summed E-state index contributed by atoms with van der Waals surface area (Å²) in [5.74, 6) is 0.154. The second-order valence-electron chi connectivity index (χ2n) is 5.35. The number of carbonyl (C=O) groups is 1. The van der Waals surface area contributed by atoms with Crippen molar-refractivity contribution in [1.82, 2.24) is 15.5 Å². The molecule has 0 saturated heterocycles. The summed E-state index contributed by atoms with van der Waals surface area (Å²) in [5.41, 5.74) is -0.593. The van der Waals surface area contributed by atoms with E-state index >= 15 is 0 Å². The van der Waals surface area contributed by atoms with E-state index < -0.39 is 5.60 Å². The third-order valence-electron chi connectivity index (χ3n) is 3.51. The SMILES string of the molecule is CC1CCCC(O)(CNC(=O)c2ccc(Cl)nn2)C1. The molecule has 19 heavy (non-hydrogen) atoms. The molecular formula is C13H18ClN3O2. The summed E-state index contributed by atoms with van der Waals surface area (Å²) in [7, 11) is 0. The highest BCUT2D eigenvalue weighted by Gasteiger charge is 2.32. The Bertz CT molecular complexity index is 452. The van der Waals surface area contributed by atoms with Gasteiger partial charge in [0.2, 0.25) is 0 Å². The highest BCUT2D eigenvalue weighted by atomic mass is 35.5. The minimum Gasteiger partial charge on any atom is -0.388 e. The van der Waals surface area contributed by atoms with E-state index in [0.717, 1.165) is 25.7 Å². The third-order valence-corrected chi connectivity index (χ3v) is 3.71. The normalized spacial score (nSPS) is 27.0. The van der Waals surface area contributed by atoms with Gasteiger partial charge >= 0.3 is 0 Å². The van der Waals surface area contributed by atoms with E-state index in [1.54, 1.807) is 0 Å². The number of aromatic nitrogens is 2. The Morgan fingerprint density at radius 1 is 1.58 bits per heavy atom. The van der Waals surface area contributed by atoms with E-state index in [0.29, 0.717) is 5.92 Å². The molecule has 6 heteroatoms. The topological polar surface area (TPSA) is 75.1 Å². The number of nitrogens with one attached hydrogen (secondary N) is 1. The number of rotatable bonds is 3. The Kier molecular flexibility index (Phi) is 4.37. The lowest BCUT2D eigenvalue weighted by molar-refractivity contribution is -0.0109. The maximum atomic E-state index is 11.9. The minimum absolute atomic E-state index is 0.205. The average molecular weight is 284 g/mol. The molecule has 0 aromatic carbocycles. The van der Waals surface area contributed by atoms with E-state index in [9.17, 15) is 9.90 Å². The summed E-state index contributed by atoms with van der Waals surface area (Å²) >= 11 is 5.61. The van der Waals surface area contributed by atoms with Crippen LogP contribution in [0.5, 0.6) is 0 Å². The zero-order valence-electron chi connectivity index (χ0n) is 10.9. The van der Waals surface area contributed by atoms with Gasteiger partial charge in [-0.25, -0.2) is 0 Å². The predicted molar refractivity (Wildman–Crippen MR) is 72.0 cm³/mol. The summed E-state index contributed by atoms with van der Waals surface area (Å²) in [6, 6.07) is 3.03. The molecule has 0 bridgehead atoms. The van der Waals surface area contributed by atoms with Crippen molar-refractivity contribution < 1.29 is 9.90 Å². The van der Waals surface area contributed by atoms with Crippen LogP contribution in [0.1, 0.15) is 43.1 Å². The van der Waals surface area contributed by atoms with Crippen LogP contribution < -0.4 is 5.32 Å². The van der Waals surface area contributed by atoms with E-state index in [1.807, 2.05) is 0 Å². The highest BCUT2D eigenvalue weighted by Crippen LogP contribution is 2.31. The standard InChI is InChI=1S/C13H18ClN3O2/c1-9-3-2-6-13(19,7-9)8-15-12(18)10-4-5-11(14)17-16-10/h4-5,9,19H,2-3,6-8H2,1H3,(H,15,18). The molecule has 1 saturated carbocycles.